The number of aromatic nitrogens is 4. The number of para-hydroxylation sites is 1. The highest BCUT2D eigenvalue weighted by atomic mass is 16.5. The first kappa shape index (κ1) is 11.8. The van der Waals surface area contributed by atoms with Crippen molar-refractivity contribution < 1.29 is 4.74 Å². The Kier molecular flexibility index (Phi) is 2.74. The van der Waals surface area contributed by atoms with Gasteiger partial charge in [0.25, 0.3) is 0 Å². The molecule has 5 heteroatoms. The van der Waals surface area contributed by atoms with Crippen LogP contribution in [-0.2, 0) is 6.61 Å². The molecule has 0 saturated carbocycles. The molecule has 4 aromatic rings. The number of ether oxygens (including phenoxy) is 1. The fourth-order valence-corrected chi connectivity index (χ4v) is 2.37. The fraction of sp³-hybridized carbons (Fsp3) is 0.0625. The van der Waals surface area contributed by atoms with Gasteiger partial charge in [-0.1, -0.05) is 42.5 Å². The molecular formula is C16H12N4O. The Morgan fingerprint density at radius 2 is 1.76 bits per heavy atom. The minimum Gasteiger partial charge on any atom is -0.488 e. The number of pyridine rings is 1. The molecule has 0 amide bonds. The summed E-state index contributed by atoms with van der Waals surface area (Å²) in [6.07, 6.45) is 0. The van der Waals surface area contributed by atoms with Crippen LogP contribution in [0.25, 0.3) is 16.6 Å². The third-order valence-corrected chi connectivity index (χ3v) is 3.39. The highest BCUT2D eigenvalue weighted by molar-refractivity contribution is 5.87. The summed E-state index contributed by atoms with van der Waals surface area (Å²) < 4.78 is 7.69. The van der Waals surface area contributed by atoms with Crippen molar-refractivity contribution in [3.8, 4) is 5.75 Å². The van der Waals surface area contributed by atoms with Crippen molar-refractivity contribution >= 4 is 16.6 Å². The molecule has 0 aliphatic rings. The number of rotatable bonds is 3. The van der Waals surface area contributed by atoms with Crippen LogP contribution in [0.4, 0.5) is 0 Å². The molecule has 0 radical (unpaired) electrons. The molecule has 2 heterocycles. The van der Waals surface area contributed by atoms with Gasteiger partial charge >= 0.3 is 0 Å². The van der Waals surface area contributed by atoms with Crippen LogP contribution in [0, 0.1) is 0 Å². The van der Waals surface area contributed by atoms with Gasteiger partial charge in [0.15, 0.2) is 5.65 Å². The van der Waals surface area contributed by atoms with E-state index in [1.54, 1.807) is 4.52 Å². The van der Waals surface area contributed by atoms with Crippen LogP contribution in [0.2, 0.25) is 0 Å². The van der Waals surface area contributed by atoms with Gasteiger partial charge in [-0.05, 0) is 28.1 Å². The van der Waals surface area contributed by atoms with Crippen LogP contribution >= 0.6 is 0 Å². The van der Waals surface area contributed by atoms with Gasteiger partial charge in [0.05, 0.1) is 5.52 Å². The van der Waals surface area contributed by atoms with Crippen molar-refractivity contribution in [2.75, 3.05) is 0 Å². The maximum absolute atomic E-state index is 5.97. The first-order chi connectivity index (χ1) is 10.4. The fourth-order valence-electron chi connectivity index (χ4n) is 2.37. The topological polar surface area (TPSA) is 52.3 Å². The minimum atomic E-state index is 0.516. The summed E-state index contributed by atoms with van der Waals surface area (Å²) in [6, 6.07) is 19.9. The quantitative estimate of drug-likeness (QED) is 0.577. The molecule has 0 bridgehead atoms. The lowest BCUT2D eigenvalue weighted by Crippen LogP contribution is -1.98. The number of tetrazole rings is 1. The Morgan fingerprint density at radius 3 is 2.67 bits per heavy atom. The van der Waals surface area contributed by atoms with Crippen LogP contribution in [0.3, 0.4) is 0 Å². The van der Waals surface area contributed by atoms with Crippen molar-refractivity contribution in [1.82, 2.24) is 20.0 Å². The zero-order valence-corrected chi connectivity index (χ0v) is 11.2. The molecule has 4 rings (SSSR count). The Hall–Kier alpha value is -2.95. The van der Waals surface area contributed by atoms with Gasteiger partial charge in [0.1, 0.15) is 12.4 Å². The third-order valence-electron chi connectivity index (χ3n) is 3.39. The van der Waals surface area contributed by atoms with E-state index in [0.29, 0.717) is 12.3 Å². The molecule has 0 atom stereocenters. The SMILES string of the molecule is c1ccc(COc2cc3nnnn3c3ccccc23)cc1. The second-order valence-electron chi connectivity index (χ2n) is 4.75. The first-order valence-corrected chi connectivity index (χ1v) is 6.68. The molecular weight excluding hydrogens is 264 g/mol. The van der Waals surface area contributed by atoms with E-state index >= 15 is 0 Å². The number of nitrogens with zero attached hydrogens (tertiary/aromatic N) is 4. The molecule has 2 aromatic heterocycles. The zero-order chi connectivity index (χ0) is 14.1. The van der Waals surface area contributed by atoms with Crippen LogP contribution in [0.1, 0.15) is 5.56 Å². The maximum atomic E-state index is 5.97. The average Bonchev–Trinajstić information content (AvgIpc) is 3.02. The normalized spacial score (nSPS) is 11.0. The Labute approximate surface area is 120 Å². The van der Waals surface area contributed by atoms with E-state index in [1.807, 2.05) is 60.7 Å². The Morgan fingerprint density at radius 1 is 0.952 bits per heavy atom. The number of fused-ring (bicyclic) bond motifs is 3. The summed E-state index contributed by atoms with van der Waals surface area (Å²) in [7, 11) is 0. The smallest absolute Gasteiger partial charge is 0.183 e. The number of benzene rings is 2. The molecule has 21 heavy (non-hydrogen) atoms. The second-order valence-corrected chi connectivity index (χ2v) is 4.75. The summed E-state index contributed by atoms with van der Waals surface area (Å²) >= 11 is 0. The van der Waals surface area contributed by atoms with Crippen molar-refractivity contribution in [1.29, 1.82) is 0 Å². The van der Waals surface area contributed by atoms with E-state index < -0.39 is 0 Å². The van der Waals surface area contributed by atoms with Crippen molar-refractivity contribution in [3.05, 3.63) is 66.2 Å². The molecule has 0 spiro atoms. The van der Waals surface area contributed by atoms with E-state index in [-0.39, 0.29) is 0 Å². The molecule has 0 saturated heterocycles. The monoisotopic (exact) mass is 276 g/mol. The summed E-state index contributed by atoms with van der Waals surface area (Å²) in [5.74, 6) is 0.789. The van der Waals surface area contributed by atoms with Gasteiger partial charge in [0.2, 0.25) is 0 Å². The molecule has 0 aliphatic carbocycles. The highest BCUT2D eigenvalue weighted by Crippen LogP contribution is 2.27. The number of hydrogen-bond acceptors (Lipinski definition) is 4. The first-order valence-electron chi connectivity index (χ1n) is 6.68. The second kappa shape index (κ2) is 4.86. The molecule has 2 aromatic carbocycles. The van der Waals surface area contributed by atoms with Crippen LogP contribution in [0.5, 0.6) is 5.75 Å². The predicted octanol–water partition coefficient (Wildman–Crippen LogP) is 2.86. The summed E-state index contributed by atoms with van der Waals surface area (Å²) in [4.78, 5) is 0. The van der Waals surface area contributed by atoms with Crippen LogP contribution in [-0.4, -0.2) is 20.0 Å². The van der Waals surface area contributed by atoms with Gasteiger partial charge in [-0.15, -0.1) is 5.10 Å². The van der Waals surface area contributed by atoms with E-state index in [9.17, 15) is 0 Å². The van der Waals surface area contributed by atoms with Crippen molar-refractivity contribution in [3.63, 3.8) is 0 Å². The molecule has 102 valence electrons. The van der Waals surface area contributed by atoms with Gasteiger partial charge in [0, 0.05) is 11.5 Å². The third kappa shape index (κ3) is 2.08. The molecule has 0 aliphatic heterocycles. The molecule has 0 fully saturated rings. The zero-order valence-electron chi connectivity index (χ0n) is 11.2. The number of hydrogen-bond donors (Lipinski definition) is 0. The van der Waals surface area contributed by atoms with E-state index in [1.165, 1.54) is 0 Å². The van der Waals surface area contributed by atoms with Gasteiger partial charge < -0.3 is 4.74 Å². The highest BCUT2D eigenvalue weighted by Gasteiger charge is 2.09. The maximum Gasteiger partial charge on any atom is 0.183 e. The lowest BCUT2D eigenvalue weighted by atomic mass is 10.2. The van der Waals surface area contributed by atoms with Crippen LogP contribution in [0.15, 0.2) is 60.7 Å². The molecule has 0 N–H and O–H groups in total. The van der Waals surface area contributed by atoms with Gasteiger partial charge in [-0.25, -0.2) is 0 Å². The summed E-state index contributed by atoms with van der Waals surface area (Å²) in [5.41, 5.74) is 2.74. The Bertz CT molecular complexity index is 902. The van der Waals surface area contributed by atoms with E-state index in [2.05, 4.69) is 15.5 Å². The Balaban J connectivity index is 1.79. The van der Waals surface area contributed by atoms with Crippen molar-refractivity contribution in [2.24, 2.45) is 0 Å². The standard InChI is InChI=1S/C16H12N4O/c1-2-6-12(7-3-1)11-21-15-10-16-17-18-19-20(16)14-9-5-4-8-13(14)15/h1-10H,11H2. The predicted molar refractivity (Wildman–Crippen MR) is 79.1 cm³/mol. The summed E-state index contributed by atoms with van der Waals surface area (Å²) in [5, 5.41) is 12.7. The van der Waals surface area contributed by atoms with Crippen LogP contribution < -0.4 is 4.74 Å². The van der Waals surface area contributed by atoms with Gasteiger partial charge in [-0.3, -0.25) is 0 Å². The average molecular weight is 276 g/mol. The molecule has 5 nitrogen and oxygen atoms in total. The van der Waals surface area contributed by atoms with E-state index in [0.717, 1.165) is 22.2 Å². The molecule has 0 unspecified atom stereocenters. The van der Waals surface area contributed by atoms with Gasteiger partial charge in [-0.2, -0.15) is 4.52 Å². The van der Waals surface area contributed by atoms with E-state index in [4.69, 9.17) is 4.74 Å². The lowest BCUT2D eigenvalue weighted by molar-refractivity contribution is 0.310. The largest absolute Gasteiger partial charge is 0.488 e. The summed E-state index contributed by atoms with van der Waals surface area (Å²) in [6.45, 7) is 0.516. The lowest BCUT2D eigenvalue weighted by Gasteiger charge is -2.10. The minimum absolute atomic E-state index is 0.516. The van der Waals surface area contributed by atoms with Crippen molar-refractivity contribution in [2.45, 2.75) is 6.61 Å².